The van der Waals surface area contributed by atoms with E-state index in [1.807, 2.05) is 24.3 Å². The average molecular weight is 189 g/mol. The fourth-order valence-electron chi connectivity index (χ4n) is 0.836. The molecule has 1 heteroatoms. The lowest BCUT2D eigenvalue weighted by Crippen LogP contribution is -1.74. The molecule has 0 N–H and O–H groups in total. The lowest BCUT2D eigenvalue weighted by atomic mass is 10.4. The molecule has 0 radical (unpaired) electrons. The van der Waals surface area contributed by atoms with Crippen LogP contribution >= 0.6 is 0 Å². The molecule has 0 bridgehead atoms. The number of thiol groups is 1. The van der Waals surface area contributed by atoms with Gasteiger partial charge in [0, 0.05) is 11.8 Å². The first-order valence-electron chi connectivity index (χ1n) is 4.13. The molecule has 13 heavy (non-hydrogen) atoms. The van der Waals surface area contributed by atoms with Crippen molar-refractivity contribution in [3.05, 3.63) is 66.6 Å². The van der Waals surface area contributed by atoms with Crippen molar-refractivity contribution in [3.63, 3.8) is 0 Å². The van der Waals surface area contributed by atoms with Crippen molar-refractivity contribution in [1.29, 1.82) is 0 Å². The summed E-state index contributed by atoms with van der Waals surface area (Å²) in [7, 11) is 0. The molecule has 1 aromatic carbocycles. The fourth-order valence-corrected chi connectivity index (χ4v) is 1.54. The van der Waals surface area contributed by atoms with Gasteiger partial charge in [-0.05, 0) is 18.2 Å². The normalized spacial score (nSPS) is 11.1. The molecule has 0 aliphatic carbocycles. The van der Waals surface area contributed by atoms with Crippen molar-refractivity contribution in [3.8, 4) is 0 Å². The molecule has 0 atom stereocenters. The summed E-state index contributed by atoms with van der Waals surface area (Å²) in [5.74, 6) is 0. The molecule has 0 spiro atoms. The minimum Gasteiger partial charge on any atom is -0.0991 e. The Kier molecular flexibility index (Phi) is 4.80. The van der Waals surface area contributed by atoms with Crippen LogP contribution < -0.4 is 0 Å². The van der Waals surface area contributed by atoms with Crippen LogP contribution in [0.1, 0.15) is 0 Å². The minimum absolute atomic E-state index is 1.23. The van der Waals surface area contributed by atoms with Gasteiger partial charge in [0.15, 0.2) is 4.90 Å². The van der Waals surface area contributed by atoms with Gasteiger partial charge in [-0.2, -0.15) is 0 Å². The van der Waals surface area contributed by atoms with Crippen molar-refractivity contribution in [2.45, 2.75) is 4.90 Å². The van der Waals surface area contributed by atoms with E-state index < -0.39 is 0 Å². The first-order valence-corrected chi connectivity index (χ1v) is 5.10. The molecule has 0 aromatic heterocycles. The molecule has 66 valence electrons. The summed E-state index contributed by atoms with van der Waals surface area (Å²) >= 11 is 1.23. The monoisotopic (exact) mass is 189 g/mol. The second kappa shape index (κ2) is 6.32. The molecule has 0 fully saturated rings. The van der Waals surface area contributed by atoms with E-state index in [1.54, 1.807) is 6.08 Å². The number of hydrogen-bond donors (Lipinski definition) is 0. The SMILES string of the molecule is C=C/C=C\C=C\[SH+]c1ccccc1. The van der Waals surface area contributed by atoms with Crippen molar-refractivity contribution in [2.24, 2.45) is 0 Å². The Bertz CT molecular complexity index is 296. The summed E-state index contributed by atoms with van der Waals surface area (Å²) in [6.07, 6.45) is 7.68. The van der Waals surface area contributed by atoms with Gasteiger partial charge < -0.3 is 0 Å². The van der Waals surface area contributed by atoms with Gasteiger partial charge >= 0.3 is 0 Å². The van der Waals surface area contributed by atoms with Gasteiger partial charge in [0.2, 0.25) is 0 Å². The predicted molar refractivity (Wildman–Crippen MR) is 61.9 cm³/mol. The van der Waals surface area contributed by atoms with Crippen LogP contribution in [0.2, 0.25) is 0 Å². The summed E-state index contributed by atoms with van der Waals surface area (Å²) in [5.41, 5.74) is 0. The van der Waals surface area contributed by atoms with Crippen LogP contribution in [0.4, 0.5) is 0 Å². The molecule has 0 amide bonds. The van der Waals surface area contributed by atoms with Crippen LogP contribution in [-0.2, 0) is 11.8 Å². The van der Waals surface area contributed by atoms with E-state index in [0.29, 0.717) is 0 Å². The van der Waals surface area contributed by atoms with Gasteiger partial charge in [0.25, 0.3) is 0 Å². The fraction of sp³-hybridized carbons (Fsp3) is 0. The van der Waals surface area contributed by atoms with Crippen LogP contribution in [-0.4, -0.2) is 0 Å². The van der Waals surface area contributed by atoms with E-state index in [1.165, 1.54) is 16.7 Å². The molecule has 0 aliphatic heterocycles. The second-order valence-corrected chi connectivity index (χ2v) is 3.50. The standard InChI is InChI=1S/C12H12S/c1-2-3-4-8-11-13-12-9-6-5-7-10-12/h2-11H,1H2/p+1/b4-3-,11-8+. The van der Waals surface area contributed by atoms with E-state index in [0.717, 1.165) is 0 Å². The highest BCUT2D eigenvalue weighted by Crippen LogP contribution is 2.02. The largest absolute Gasteiger partial charge is 0.157 e. The van der Waals surface area contributed by atoms with Gasteiger partial charge in [0.05, 0.1) is 0 Å². The van der Waals surface area contributed by atoms with Crippen LogP contribution in [0.25, 0.3) is 0 Å². The molecule has 1 aromatic rings. The van der Waals surface area contributed by atoms with E-state index in [-0.39, 0.29) is 0 Å². The summed E-state index contributed by atoms with van der Waals surface area (Å²) in [4.78, 5) is 1.31. The minimum atomic E-state index is 1.23. The Labute approximate surface area is 83.7 Å². The highest BCUT2D eigenvalue weighted by atomic mass is 32.2. The molecular weight excluding hydrogens is 176 g/mol. The number of hydrogen-bond acceptors (Lipinski definition) is 0. The van der Waals surface area contributed by atoms with Crippen LogP contribution in [0.5, 0.6) is 0 Å². The third-order valence-electron chi connectivity index (χ3n) is 1.42. The van der Waals surface area contributed by atoms with Gasteiger partial charge in [-0.15, -0.1) is 0 Å². The maximum absolute atomic E-state index is 3.59. The molecule has 0 saturated heterocycles. The summed E-state index contributed by atoms with van der Waals surface area (Å²) in [5, 5.41) is 2.11. The Morgan fingerprint density at radius 1 is 1.00 bits per heavy atom. The number of benzene rings is 1. The van der Waals surface area contributed by atoms with Crippen molar-refractivity contribution < 1.29 is 0 Å². The molecule has 0 unspecified atom stereocenters. The highest BCUT2D eigenvalue weighted by Gasteiger charge is 1.93. The zero-order chi connectivity index (χ0) is 9.36. The van der Waals surface area contributed by atoms with E-state index >= 15 is 0 Å². The van der Waals surface area contributed by atoms with Crippen molar-refractivity contribution in [1.82, 2.24) is 0 Å². The Hall–Kier alpha value is -1.21. The topological polar surface area (TPSA) is 0 Å². The zero-order valence-corrected chi connectivity index (χ0v) is 8.32. The van der Waals surface area contributed by atoms with Crippen molar-refractivity contribution >= 4 is 11.8 Å². The van der Waals surface area contributed by atoms with E-state index in [4.69, 9.17) is 0 Å². The molecule has 0 nitrogen and oxygen atoms in total. The lowest BCUT2D eigenvalue weighted by molar-refractivity contribution is 1.47. The van der Waals surface area contributed by atoms with E-state index in [9.17, 15) is 0 Å². The molecule has 0 heterocycles. The van der Waals surface area contributed by atoms with Crippen molar-refractivity contribution in [2.75, 3.05) is 0 Å². The molecular formula is C12H13S+. The smallest absolute Gasteiger partial charge is 0.0991 e. The van der Waals surface area contributed by atoms with Gasteiger partial charge in [-0.3, -0.25) is 0 Å². The average Bonchev–Trinajstić information content (AvgIpc) is 2.19. The Balaban J connectivity index is 2.39. The summed E-state index contributed by atoms with van der Waals surface area (Å²) < 4.78 is 0. The highest BCUT2D eigenvalue weighted by molar-refractivity contribution is 7.81. The maximum atomic E-state index is 3.59. The zero-order valence-electron chi connectivity index (χ0n) is 7.43. The van der Waals surface area contributed by atoms with Gasteiger partial charge in [-0.1, -0.05) is 43.0 Å². The molecule has 0 aliphatic rings. The summed E-state index contributed by atoms with van der Waals surface area (Å²) in [6.45, 7) is 3.59. The first-order chi connectivity index (χ1) is 6.43. The second-order valence-electron chi connectivity index (χ2n) is 2.43. The molecule has 1 rings (SSSR count). The van der Waals surface area contributed by atoms with Gasteiger partial charge in [-0.25, -0.2) is 0 Å². The number of allylic oxidation sites excluding steroid dienone is 4. The molecule has 0 saturated carbocycles. The van der Waals surface area contributed by atoms with E-state index in [2.05, 4.69) is 36.3 Å². The van der Waals surface area contributed by atoms with Crippen LogP contribution in [0.15, 0.2) is 71.5 Å². The van der Waals surface area contributed by atoms with Gasteiger partial charge in [0.1, 0.15) is 5.41 Å². The quantitative estimate of drug-likeness (QED) is 0.388. The third kappa shape index (κ3) is 4.38. The first kappa shape index (κ1) is 9.87. The summed E-state index contributed by atoms with van der Waals surface area (Å²) in [6, 6.07) is 10.4. The Morgan fingerprint density at radius 2 is 1.77 bits per heavy atom. The third-order valence-corrected chi connectivity index (χ3v) is 2.34. The number of rotatable bonds is 4. The maximum Gasteiger partial charge on any atom is 0.157 e. The Morgan fingerprint density at radius 3 is 2.46 bits per heavy atom. The predicted octanol–water partition coefficient (Wildman–Crippen LogP) is 3.12. The van der Waals surface area contributed by atoms with Crippen LogP contribution in [0.3, 0.4) is 0 Å². The van der Waals surface area contributed by atoms with Crippen LogP contribution in [0, 0.1) is 0 Å². The lowest BCUT2D eigenvalue weighted by Gasteiger charge is -1.83.